The lowest BCUT2D eigenvalue weighted by molar-refractivity contribution is -0.124. The molecule has 0 radical (unpaired) electrons. The number of ether oxygens (including phenoxy) is 1. The summed E-state index contributed by atoms with van der Waals surface area (Å²) >= 11 is 0. The van der Waals surface area contributed by atoms with Gasteiger partial charge in [0.25, 0.3) is 5.91 Å². The van der Waals surface area contributed by atoms with Crippen LogP contribution in [0.15, 0.2) is 24.3 Å². The summed E-state index contributed by atoms with van der Waals surface area (Å²) in [7, 11) is 0. The fourth-order valence-corrected chi connectivity index (χ4v) is 1.57. The van der Waals surface area contributed by atoms with Gasteiger partial charge in [-0.1, -0.05) is 39.0 Å². The summed E-state index contributed by atoms with van der Waals surface area (Å²) in [4.78, 5) is 11.2. The minimum absolute atomic E-state index is 0.399. The Bertz CT molecular complexity index is 391. The normalized spacial score (nSPS) is 12.4. The van der Waals surface area contributed by atoms with Crippen molar-refractivity contribution < 1.29 is 9.53 Å². The molecule has 0 aliphatic carbocycles. The molecule has 1 amide bonds. The van der Waals surface area contributed by atoms with E-state index in [1.807, 2.05) is 31.2 Å². The maximum Gasteiger partial charge on any atom is 0.258 e. The molecule has 0 aromatic heterocycles. The lowest BCUT2D eigenvalue weighted by Gasteiger charge is -2.18. The SMILES string of the molecule is CCC(Oc1ccccc1CNC(C)C)C(N)=O. The van der Waals surface area contributed by atoms with Crippen molar-refractivity contribution in [1.82, 2.24) is 5.32 Å². The molecule has 1 aromatic carbocycles. The molecule has 1 unspecified atom stereocenters. The molecule has 0 aliphatic heterocycles. The Morgan fingerprint density at radius 2 is 2.06 bits per heavy atom. The van der Waals surface area contributed by atoms with Gasteiger partial charge in [-0.3, -0.25) is 4.79 Å². The molecule has 1 aromatic rings. The van der Waals surface area contributed by atoms with E-state index < -0.39 is 12.0 Å². The average Bonchev–Trinajstić information content (AvgIpc) is 2.34. The summed E-state index contributed by atoms with van der Waals surface area (Å²) in [6.45, 7) is 6.76. The van der Waals surface area contributed by atoms with Gasteiger partial charge in [0.15, 0.2) is 6.10 Å². The van der Waals surface area contributed by atoms with E-state index in [1.54, 1.807) is 0 Å². The molecule has 0 fully saturated rings. The number of carbonyl (C=O) groups is 1. The first-order chi connectivity index (χ1) is 8.54. The zero-order valence-electron chi connectivity index (χ0n) is 11.3. The molecule has 18 heavy (non-hydrogen) atoms. The van der Waals surface area contributed by atoms with E-state index in [4.69, 9.17) is 10.5 Å². The highest BCUT2D eigenvalue weighted by Gasteiger charge is 2.16. The van der Waals surface area contributed by atoms with Crippen LogP contribution < -0.4 is 15.8 Å². The Kier molecular flexibility index (Phi) is 5.65. The third-order valence-electron chi connectivity index (χ3n) is 2.63. The monoisotopic (exact) mass is 250 g/mol. The number of hydrogen-bond acceptors (Lipinski definition) is 3. The first-order valence-corrected chi connectivity index (χ1v) is 6.31. The number of hydrogen-bond donors (Lipinski definition) is 2. The molecule has 0 saturated carbocycles. The van der Waals surface area contributed by atoms with Crippen molar-refractivity contribution in [2.75, 3.05) is 0 Å². The number of primary amides is 1. The molecule has 1 rings (SSSR count). The van der Waals surface area contributed by atoms with E-state index in [1.165, 1.54) is 0 Å². The van der Waals surface area contributed by atoms with Crippen molar-refractivity contribution in [3.8, 4) is 5.75 Å². The van der Waals surface area contributed by atoms with E-state index in [2.05, 4.69) is 19.2 Å². The van der Waals surface area contributed by atoms with Gasteiger partial charge >= 0.3 is 0 Å². The third kappa shape index (κ3) is 4.37. The summed E-state index contributed by atoms with van der Waals surface area (Å²) in [6, 6.07) is 8.09. The lowest BCUT2D eigenvalue weighted by atomic mass is 10.2. The fourth-order valence-electron chi connectivity index (χ4n) is 1.57. The molecule has 4 nitrogen and oxygen atoms in total. The van der Waals surface area contributed by atoms with Crippen LogP contribution in [0.25, 0.3) is 0 Å². The first kappa shape index (κ1) is 14.5. The van der Waals surface area contributed by atoms with Crippen LogP contribution in [0.3, 0.4) is 0 Å². The van der Waals surface area contributed by atoms with E-state index >= 15 is 0 Å². The summed E-state index contributed by atoms with van der Waals surface area (Å²) < 4.78 is 5.67. The Balaban J connectivity index is 2.78. The van der Waals surface area contributed by atoms with Crippen LogP contribution in [-0.4, -0.2) is 18.1 Å². The maximum absolute atomic E-state index is 11.2. The first-order valence-electron chi connectivity index (χ1n) is 6.31. The molecule has 0 heterocycles. The maximum atomic E-state index is 11.2. The van der Waals surface area contributed by atoms with E-state index in [0.717, 1.165) is 11.3 Å². The van der Waals surface area contributed by atoms with Crippen LogP contribution in [0.2, 0.25) is 0 Å². The lowest BCUT2D eigenvalue weighted by Crippen LogP contribution is -2.33. The fraction of sp³-hybridized carbons (Fsp3) is 0.500. The van der Waals surface area contributed by atoms with Crippen LogP contribution in [0.1, 0.15) is 32.8 Å². The Labute approximate surface area is 109 Å². The summed E-state index contributed by atoms with van der Waals surface area (Å²) in [5.74, 6) is 0.292. The van der Waals surface area contributed by atoms with Crippen molar-refractivity contribution >= 4 is 5.91 Å². The minimum Gasteiger partial charge on any atom is -0.480 e. The zero-order chi connectivity index (χ0) is 13.5. The van der Waals surface area contributed by atoms with Gasteiger partial charge in [0.05, 0.1) is 0 Å². The number of nitrogens with one attached hydrogen (secondary N) is 1. The van der Waals surface area contributed by atoms with Gasteiger partial charge in [-0.05, 0) is 12.5 Å². The smallest absolute Gasteiger partial charge is 0.258 e. The Morgan fingerprint density at radius 3 is 2.61 bits per heavy atom. The van der Waals surface area contributed by atoms with E-state index in [9.17, 15) is 4.79 Å². The molecular formula is C14H22N2O2. The quantitative estimate of drug-likeness (QED) is 0.776. The van der Waals surface area contributed by atoms with Gasteiger partial charge in [-0.25, -0.2) is 0 Å². The van der Waals surface area contributed by atoms with Gasteiger partial charge in [0.2, 0.25) is 0 Å². The van der Waals surface area contributed by atoms with Crippen LogP contribution in [0.4, 0.5) is 0 Å². The molecule has 1 atom stereocenters. The second-order valence-electron chi connectivity index (χ2n) is 4.56. The largest absolute Gasteiger partial charge is 0.480 e. The third-order valence-corrected chi connectivity index (χ3v) is 2.63. The molecule has 0 saturated heterocycles. The van der Waals surface area contributed by atoms with Crippen molar-refractivity contribution in [2.45, 2.75) is 45.9 Å². The highest BCUT2D eigenvalue weighted by atomic mass is 16.5. The highest BCUT2D eigenvalue weighted by Crippen LogP contribution is 2.20. The van der Waals surface area contributed by atoms with Crippen molar-refractivity contribution in [3.63, 3.8) is 0 Å². The molecule has 3 N–H and O–H groups in total. The summed E-state index contributed by atoms with van der Waals surface area (Å²) in [5.41, 5.74) is 6.32. The second kappa shape index (κ2) is 7.01. The summed E-state index contributed by atoms with van der Waals surface area (Å²) in [6.07, 6.45) is 0.00608. The predicted molar refractivity (Wildman–Crippen MR) is 72.3 cm³/mol. The number of nitrogens with two attached hydrogens (primary N) is 1. The second-order valence-corrected chi connectivity index (χ2v) is 4.56. The average molecular weight is 250 g/mol. The van der Waals surface area contributed by atoms with Crippen LogP contribution in [0.5, 0.6) is 5.75 Å². The number of amides is 1. The molecule has 0 spiro atoms. The number of para-hydroxylation sites is 1. The number of benzene rings is 1. The Hall–Kier alpha value is -1.55. The summed E-state index contributed by atoms with van der Waals surface area (Å²) in [5, 5.41) is 3.33. The van der Waals surface area contributed by atoms with Crippen LogP contribution in [-0.2, 0) is 11.3 Å². The van der Waals surface area contributed by atoms with Crippen LogP contribution >= 0.6 is 0 Å². The van der Waals surface area contributed by atoms with Gasteiger partial charge in [0, 0.05) is 18.2 Å². The minimum atomic E-state index is -0.565. The van der Waals surface area contributed by atoms with E-state index in [0.29, 0.717) is 19.0 Å². The Morgan fingerprint density at radius 1 is 1.39 bits per heavy atom. The van der Waals surface area contributed by atoms with Crippen molar-refractivity contribution in [2.24, 2.45) is 5.73 Å². The predicted octanol–water partition coefficient (Wildman–Crippen LogP) is 1.83. The molecule has 0 bridgehead atoms. The zero-order valence-corrected chi connectivity index (χ0v) is 11.3. The molecule has 0 aliphatic rings. The van der Waals surface area contributed by atoms with Crippen molar-refractivity contribution in [1.29, 1.82) is 0 Å². The van der Waals surface area contributed by atoms with Gasteiger partial charge in [-0.15, -0.1) is 0 Å². The van der Waals surface area contributed by atoms with E-state index in [-0.39, 0.29) is 0 Å². The van der Waals surface area contributed by atoms with Gasteiger partial charge in [-0.2, -0.15) is 0 Å². The molecule has 4 heteroatoms. The van der Waals surface area contributed by atoms with Crippen molar-refractivity contribution in [3.05, 3.63) is 29.8 Å². The highest BCUT2D eigenvalue weighted by molar-refractivity contribution is 5.79. The standard InChI is InChI=1S/C14H22N2O2/c1-4-12(14(15)17)18-13-8-6-5-7-11(13)9-16-10(2)3/h5-8,10,12,16H,4,9H2,1-3H3,(H2,15,17). The van der Waals surface area contributed by atoms with Gasteiger partial charge in [0.1, 0.15) is 5.75 Å². The topological polar surface area (TPSA) is 64.3 Å². The molecular weight excluding hydrogens is 228 g/mol. The number of carbonyl (C=O) groups excluding carboxylic acids is 1. The molecule has 100 valence electrons. The number of rotatable bonds is 7. The van der Waals surface area contributed by atoms with Gasteiger partial charge < -0.3 is 15.8 Å². The van der Waals surface area contributed by atoms with Crippen LogP contribution in [0, 0.1) is 0 Å².